The molecule has 0 saturated carbocycles. The van der Waals surface area contributed by atoms with Gasteiger partial charge in [0.25, 0.3) is 0 Å². The lowest BCUT2D eigenvalue weighted by atomic mass is 10.1. The largest absolute Gasteiger partial charge is 0.316 e. The molecule has 0 radical (unpaired) electrons. The van der Waals surface area contributed by atoms with Gasteiger partial charge in [-0.2, -0.15) is 0 Å². The molecule has 0 aromatic heterocycles. The van der Waals surface area contributed by atoms with Gasteiger partial charge in [0.05, 0.1) is 6.61 Å². The van der Waals surface area contributed by atoms with E-state index in [2.05, 4.69) is 10.2 Å². The lowest BCUT2D eigenvalue weighted by Crippen LogP contribution is -2.44. The Hall–Kier alpha value is 0.460. The Morgan fingerprint density at radius 1 is 1.44 bits per heavy atom. The van der Waals surface area contributed by atoms with E-state index in [9.17, 15) is 0 Å². The number of halogens is 2. The summed E-state index contributed by atoms with van der Waals surface area (Å²) in [5.41, 5.74) is 0. The Balaban J connectivity index is 0. The number of hydrogen-bond donors (Lipinski definition) is 2. The third-order valence-corrected chi connectivity index (χ3v) is 1.20. The average Bonchev–Trinajstić information content (AvgIpc) is 1.55. The van der Waals surface area contributed by atoms with Gasteiger partial charge >= 0.3 is 0 Å². The second-order valence-corrected chi connectivity index (χ2v) is 1.86. The first-order valence-electron chi connectivity index (χ1n) is 2.46. The van der Waals surface area contributed by atoms with Gasteiger partial charge in [-0.15, -0.1) is 24.8 Å². The monoisotopic (exact) mass is 174 g/mol. The third-order valence-electron chi connectivity index (χ3n) is 1.20. The summed E-state index contributed by atoms with van der Waals surface area (Å²) in [6.07, 6.45) is 0. The van der Waals surface area contributed by atoms with Crippen LogP contribution in [0.3, 0.4) is 0 Å². The molecule has 0 aromatic carbocycles. The number of hydrogen-bond acceptors (Lipinski definition) is 3. The van der Waals surface area contributed by atoms with Gasteiger partial charge in [0.1, 0.15) is 0 Å². The van der Waals surface area contributed by atoms with Crippen LogP contribution in [0.5, 0.6) is 0 Å². The first-order chi connectivity index (χ1) is 3.43. The van der Waals surface area contributed by atoms with Crippen molar-refractivity contribution in [1.29, 1.82) is 0 Å². The maximum Gasteiger partial charge on any atom is 0.0731 e. The lowest BCUT2D eigenvalue weighted by Gasteiger charge is -2.25. The lowest BCUT2D eigenvalue weighted by molar-refractivity contribution is 0.0811. The molecule has 0 bridgehead atoms. The molecule has 3 nitrogen and oxygen atoms in total. The van der Waals surface area contributed by atoms with E-state index < -0.39 is 0 Å². The van der Waals surface area contributed by atoms with E-state index in [1.54, 1.807) is 0 Å². The molecule has 1 aliphatic heterocycles. The van der Waals surface area contributed by atoms with E-state index >= 15 is 0 Å². The molecule has 1 heterocycles. The minimum Gasteiger partial charge on any atom is -0.316 e. The molecule has 0 aliphatic carbocycles. The van der Waals surface area contributed by atoms with Gasteiger partial charge in [-0.05, 0) is 0 Å². The fraction of sp³-hybridized carbons (Fsp3) is 1.00. The van der Waals surface area contributed by atoms with E-state index in [1.165, 1.54) is 0 Å². The molecule has 5 heteroatoms. The van der Waals surface area contributed by atoms with Crippen molar-refractivity contribution in [3.05, 3.63) is 0 Å². The minimum absolute atomic E-state index is 0. The zero-order valence-corrected chi connectivity index (χ0v) is 6.63. The molecule has 1 saturated heterocycles. The smallest absolute Gasteiger partial charge is 0.0731 e. The highest BCUT2D eigenvalue weighted by Gasteiger charge is 2.15. The van der Waals surface area contributed by atoms with Crippen molar-refractivity contribution in [3.8, 4) is 0 Å². The molecule has 9 heavy (non-hydrogen) atoms. The van der Waals surface area contributed by atoms with Gasteiger partial charge in [-0.3, -0.25) is 0 Å². The molecule has 0 aromatic rings. The van der Waals surface area contributed by atoms with Gasteiger partial charge in [0.15, 0.2) is 0 Å². The van der Waals surface area contributed by atoms with Crippen LogP contribution in [0.25, 0.3) is 0 Å². The third kappa shape index (κ3) is 3.95. The standard InChI is InChI=1S/C4H10N2O.2ClH/c5-7-3-4-1-6-2-4;;/h4,6H,1-3,5H2;2*1H. The molecule has 1 rings (SSSR count). The van der Waals surface area contributed by atoms with E-state index in [0.29, 0.717) is 12.5 Å². The first kappa shape index (κ1) is 12.2. The quantitative estimate of drug-likeness (QED) is 0.578. The highest BCUT2D eigenvalue weighted by atomic mass is 35.5. The second-order valence-electron chi connectivity index (χ2n) is 1.86. The highest BCUT2D eigenvalue weighted by Crippen LogP contribution is 1.99. The number of rotatable bonds is 2. The second kappa shape index (κ2) is 6.58. The van der Waals surface area contributed by atoms with Gasteiger partial charge in [0, 0.05) is 19.0 Å². The van der Waals surface area contributed by atoms with Gasteiger partial charge in [-0.25, -0.2) is 5.90 Å². The van der Waals surface area contributed by atoms with Crippen molar-refractivity contribution >= 4 is 24.8 Å². The summed E-state index contributed by atoms with van der Waals surface area (Å²) in [6, 6.07) is 0. The summed E-state index contributed by atoms with van der Waals surface area (Å²) >= 11 is 0. The predicted molar refractivity (Wildman–Crippen MR) is 41.0 cm³/mol. The van der Waals surface area contributed by atoms with Crippen molar-refractivity contribution in [3.63, 3.8) is 0 Å². The van der Waals surface area contributed by atoms with Crippen LogP contribution in [0.1, 0.15) is 0 Å². The van der Waals surface area contributed by atoms with E-state index in [1.807, 2.05) is 0 Å². The van der Waals surface area contributed by atoms with Crippen molar-refractivity contribution in [2.45, 2.75) is 0 Å². The van der Waals surface area contributed by atoms with Crippen molar-refractivity contribution < 1.29 is 4.84 Å². The maximum atomic E-state index is 4.81. The van der Waals surface area contributed by atoms with E-state index in [-0.39, 0.29) is 24.8 Å². The zero-order valence-electron chi connectivity index (χ0n) is 5.00. The predicted octanol–water partition coefficient (Wildman–Crippen LogP) is -0.0603. The average molecular weight is 175 g/mol. The molecule has 1 fully saturated rings. The molecule has 0 amide bonds. The fourth-order valence-corrected chi connectivity index (χ4v) is 0.602. The fourth-order valence-electron chi connectivity index (χ4n) is 0.602. The minimum atomic E-state index is 0. The van der Waals surface area contributed by atoms with Crippen LogP contribution < -0.4 is 11.2 Å². The maximum absolute atomic E-state index is 4.81. The van der Waals surface area contributed by atoms with Crippen molar-refractivity contribution in [1.82, 2.24) is 5.32 Å². The molecule has 1 aliphatic rings. The zero-order chi connectivity index (χ0) is 5.11. The Morgan fingerprint density at radius 2 is 2.00 bits per heavy atom. The molecular formula is C4H12Cl2N2O. The SMILES string of the molecule is Cl.Cl.NOCC1CNC1. The Bertz CT molecular complexity index is 60.5. The Morgan fingerprint density at radius 3 is 2.11 bits per heavy atom. The summed E-state index contributed by atoms with van der Waals surface area (Å²) < 4.78 is 0. The molecule has 3 N–H and O–H groups in total. The molecular weight excluding hydrogens is 163 g/mol. The van der Waals surface area contributed by atoms with Crippen LogP contribution in [-0.2, 0) is 4.84 Å². The normalized spacial score (nSPS) is 17.0. The van der Waals surface area contributed by atoms with Crippen LogP contribution in [-0.4, -0.2) is 19.7 Å². The highest BCUT2D eigenvalue weighted by molar-refractivity contribution is 5.85. The van der Waals surface area contributed by atoms with Crippen LogP contribution in [0.15, 0.2) is 0 Å². The Labute approximate surface area is 67.1 Å². The van der Waals surface area contributed by atoms with E-state index in [4.69, 9.17) is 5.90 Å². The molecule has 0 unspecified atom stereocenters. The van der Waals surface area contributed by atoms with Crippen LogP contribution in [0.2, 0.25) is 0 Å². The molecule has 0 spiro atoms. The topological polar surface area (TPSA) is 47.3 Å². The number of nitrogens with two attached hydrogens (primary N) is 1. The van der Waals surface area contributed by atoms with Crippen LogP contribution in [0, 0.1) is 5.92 Å². The number of nitrogens with one attached hydrogen (secondary N) is 1. The van der Waals surface area contributed by atoms with Gasteiger partial charge < -0.3 is 10.2 Å². The van der Waals surface area contributed by atoms with Crippen molar-refractivity contribution in [2.75, 3.05) is 19.7 Å². The van der Waals surface area contributed by atoms with Gasteiger partial charge in [-0.1, -0.05) is 0 Å². The Kier molecular flexibility index (Phi) is 8.89. The van der Waals surface area contributed by atoms with Crippen LogP contribution >= 0.6 is 24.8 Å². The molecule has 0 atom stereocenters. The summed E-state index contributed by atoms with van der Waals surface area (Å²) in [4.78, 5) is 4.41. The van der Waals surface area contributed by atoms with Gasteiger partial charge in [0.2, 0.25) is 0 Å². The van der Waals surface area contributed by atoms with E-state index in [0.717, 1.165) is 13.1 Å². The van der Waals surface area contributed by atoms with Crippen molar-refractivity contribution in [2.24, 2.45) is 11.8 Å². The summed E-state index contributed by atoms with van der Waals surface area (Å²) in [5.74, 6) is 5.48. The first-order valence-corrected chi connectivity index (χ1v) is 2.46. The molecule has 58 valence electrons. The summed E-state index contributed by atoms with van der Waals surface area (Å²) in [7, 11) is 0. The van der Waals surface area contributed by atoms with Crippen LogP contribution in [0.4, 0.5) is 0 Å². The summed E-state index contributed by atoms with van der Waals surface area (Å²) in [6.45, 7) is 2.83. The summed E-state index contributed by atoms with van der Waals surface area (Å²) in [5, 5.41) is 3.11.